The number of hydrogen-bond donors (Lipinski definition) is 0. The lowest BCUT2D eigenvalue weighted by Gasteiger charge is -1.99. The summed E-state index contributed by atoms with van der Waals surface area (Å²) < 4.78 is 2.57. The van der Waals surface area contributed by atoms with Crippen molar-refractivity contribution in [3.63, 3.8) is 0 Å². The molecule has 0 fully saturated rings. The van der Waals surface area contributed by atoms with Crippen molar-refractivity contribution in [3.05, 3.63) is 32.9 Å². The fourth-order valence-corrected chi connectivity index (χ4v) is 2.08. The Morgan fingerprint density at radius 1 is 1.50 bits per heavy atom. The molecule has 0 radical (unpaired) electrons. The van der Waals surface area contributed by atoms with Gasteiger partial charge in [0, 0.05) is 6.20 Å². The molecule has 0 saturated carbocycles. The first kappa shape index (κ1) is 9.33. The van der Waals surface area contributed by atoms with E-state index in [1.807, 2.05) is 19.2 Å². The topological polar surface area (TPSA) is 46.7 Å². The van der Waals surface area contributed by atoms with Crippen molar-refractivity contribution in [2.45, 2.75) is 13.8 Å². The largest absolute Gasteiger partial charge is 0.280 e. The Kier molecular flexibility index (Phi) is 2.11. The number of fused-ring (bicyclic) bond motifs is 1. The lowest BCUT2D eigenvalue weighted by Crippen LogP contribution is -1.86. The molecule has 2 aromatic rings. The third-order valence-electron chi connectivity index (χ3n) is 2.04. The summed E-state index contributed by atoms with van der Waals surface area (Å²) in [6.45, 7) is 3.72. The van der Waals surface area contributed by atoms with Crippen LogP contribution in [0.15, 0.2) is 21.9 Å². The van der Waals surface area contributed by atoms with E-state index in [1.54, 1.807) is 11.3 Å². The van der Waals surface area contributed by atoms with E-state index in [4.69, 9.17) is 0 Å². The van der Waals surface area contributed by atoms with Crippen LogP contribution in [0.25, 0.3) is 5.65 Å². The minimum atomic E-state index is 0.365. The van der Waals surface area contributed by atoms with E-state index in [9.17, 15) is 4.91 Å². The summed E-state index contributed by atoms with van der Waals surface area (Å²) in [5.41, 5.74) is 2.42. The Bertz CT molecular complexity index is 518. The predicted octanol–water partition coefficient (Wildman–Crippen LogP) is 3.11. The lowest BCUT2D eigenvalue weighted by molar-refractivity contribution is 1.13. The highest BCUT2D eigenvalue weighted by atomic mass is 79.9. The fraction of sp³-hybridized carbons (Fsp3) is 0.222. The molecular weight excluding hydrogens is 246 g/mol. The molecule has 0 aromatic carbocycles. The molecule has 72 valence electrons. The first-order valence-electron chi connectivity index (χ1n) is 4.11. The zero-order valence-electron chi connectivity index (χ0n) is 7.78. The van der Waals surface area contributed by atoms with Crippen molar-refractivity contribution in [1.82, 2.24) is 9.38 Å². The lowest BCUT2D eigenvalue weighted by atomic mass is 10.3. The molecule has 0 spiro atoms. The summed E-state index contributed by atoms with van der Waals surface area (Å²) in [5, 5.41) is 2.97. The molecule has 2 heterocycles. The molecule has 0 N–H and O–H groups in total. The molecule has 14 heavy (non-hydrogen) atoms. The van der Waals surface area contributed by atoms with Gasteiger partial charge in [-0.3, -0.25) is 4.40 Å². The Morgan fingerprint density at radius 3 is 2.86 bits per heavy atom. The van der Waals surface area contributed by atoms with Crippen LogP contribution in [-0.4, -0.2) is 9.38 Å². The number of halogens is 1. The maximum Gasteiger partial charge on any atom is 0.204 e. The Balaban J connectivity index is 2.94. The number of aromatic nitrogens is 2. The second-order valence-corrected chi connectivity index (χ2v) is 4.03. The Labute approximate surface area is 89.1 Å². The number of nitrogens with zero attached hydrogens (tertiary/aromatic N) is 3. The van der Waals surface area contributed by atoms with Crippen LogP contribution in [0.2, 0.25) is 0 Å². The number of aryl methyl sites for hydroxylation is 2. The van der Waals surface area contributed by atoms with Crippen LogP contribution in [0.4, 0.5) is 5.82 Å². The number of imidazole rings is 1. The molecule has 4 nitrogen and oxygen atoms in total. The summed E-state index contributed by atoms with van der Waals surface area (Å²) >= 11 is 3.40. The minimum Gasteiger partial charge on any atom is -0.280 e. The zero-order chi connectivity index (χ0) is 10.3. The molecule has 5 heteroatoms. The maximum absolute atomic E-state index is 10.6. The number of pyridine rings is 1. The summed E-state index contributed by atoms with van der Waals surface area (Å²) in [6.07, 6.45) is 1.84. The zero-order valence-corrected chi connectivity index (χ0v) is 9.37. The first-order valence-corrected chi connectivity index (χ1v) is 4.91. The molecule has 2 rings (SSSR count). The fourth-order valence-electron chi connectivity index (χ4n) is 1.44. The van der Waals surface area contributed by atoms with Gasteiger partial charge in [0.05, 0.1) is 10.2 Å². The van der Waals surface area contributed by atoms with Gasteiger partial charge in [-0.05, 0) is 46.6 Å². The molecule has 0 aliphatic rings. The first-order chi connectivity index (χ1) is 6.63. The minimum absolute atomic E-state index is 0.365. The molecular formula is C9H8BrN3O. The van der Waals surface area contributed by atoms with Gasteiger partial charge >= 0.3 is 0 Å². The normalized spacial score (nSPS) is 10.8. The van der Waals surface area contributed by atoms with Crippen molar-refractivity contribution in [2.24, 2.45) is 5.18 Å². The highest BCUT2D eigenvalue weighted by Gasteiger charge is 2.11. The van der Waals surface area contributed by atoms with E-state index in [-0.39, 0.29) is 0 Å². The standard InChI is InChI=1S/C9H8BrN3O/c1-5-3-7(10)9-11-6(2)8(12-14)13(9)4-5/h3-4H,1-2H3. The monoisotopic (exact) mass is 253 g/mol. The number of rotatable bonds is 1. The maximum atomic E-state index is 10.6. The number of nitroso groups, excluding NO2 is 1. The van der Waals surface area contributed by atoms with Gasteiger partial charge in [0.25, 0.3) is 0 Å². The highest BCUT2D eigenvalue weighted by molar-refractivity contribution is 9.10. The molecule has 0 aliphatic heterocycles. The third-order valence-corrected chi connectivity index (χ3v) is 2.62. The van der Waals surface area contributed by atoms with E-state index in [0.29, 0.717) is 11.5 Å². The number of hydrogen-bond acceptors (Lipinski definition) is 3. The van der Waals surface area contributed by atoms with Crippen LogP contribution >= 0.6 is 15.9 Å². The SMILES string of the molecule is Cc1cc(Br)c2nc(C)c(N=O)n2c1. The van der Waals surface area contributed by atoms with Gasteiger partial charge < -0.3 is 0 Å². The van der Waals surface area contributed by atoms with E-state index >= 15 is 0 Å². The molecule has 0 aliphatic carbocycles. The summed E-state index contributed by atoms with van der Waals surface area (Å²) in [5.74, 6) is 0.365. The van der Waals surface area contributed by atoms with Crippen LogP contribution in [0, 0.1) is 18.8 Å². The smallest absolute Gasteiger partial charge is 0.204 e. The van der Waals surface area contributed by atoms with Gasteiger partial charge in [0.1, 0.15) is 0 Å². The van der Waals surface area contributed by atoms with E-state index in [0.717, 1.165) is 15.7 Å². The third kappa shape index (κ3) is 1.24. The van der Waals surface area contributed by atoms with Gasteiger partial charge in [-0.1, -0.05) is 0 Å². The van der Waals surface area contributed by atoms with Crippen molar-refractivity contribution in [1.29, 1.82) is 0 Å². The molecule has 0 bridgehead atoms. The van der Waals surface area contributed by atoms with E-state index < -0.39 is 0 Å². The van der Waals surface area contributed by atoms with Crippen LogP contribution in [-0.2, 0) is 0 Å². The van der Waals surface area contributed by atoms with Crippen molar-refractivity contribution in [3.8, 4) is 0 Å². The van der Waals surface area contributed by atoms with Crippen molar-refractivity contribution < 1.29 is 0 Å². The van der Waals surface area contributed by atoms with Crippen LogP contribution in [0.5, 0.6) is 0 Å². The highest BCUT2D eigenvalue weighted by Crippen LogP contribution is 2.26. The summed E-state index contributed by atoms with van der Waals surface area (Å²) in [6, 6.07) is 1.95. The average Bonchev–Trinajstić information content (AvgIpc) is 2.41. The van der Waals surface area contributed by atoms with Gasteiger partial charge in [0.15, 0.2) is 5.65 Å². The van der Waals surface area contributed by atoms with E-state index in [1.165, 1.54) is 0 Å². The molecule has 0 unspecified atom stereocenters. The van der Waals surface area contributed by atoms with Gasteiger partial charge in [-0.25, -0.2) is 4.98 Å². The molecule has 0 amide bonds. The Hall–Kier alpha value is -1.23. The van der Waals surface area contributed by atoms with Gasteiger partial charge in [0.2, 0.25) is 5.82 Å². The Morgan fingerprint density at radius 2 is 2.21 bits per heavy atom. The van der Waals surface area contributed by atoms with Crippen molar-refractivity contribution in [2.75, 3.05) is 0 Å². The van der Waals surface area contributed by atoms with Gasteiger partial charge in [-0.15, -0.1) is 4.91 Å². The van der Waals surface area contributed by atoms with Crippen LogP contribution < -0.4 is 0 Å². The molecule has 2 aromatic heterocycles. The second kappa shape index (κ2) is 3.16. The molecule has 0 atom stereocenters. The summed E-state index contributed by atoms with van der Waals surface area (Å²) in [7, 11) is 0. The summed E-state index contributed by atoms with van der Waals surface area (Å²) in [4.78, 5) is 14.8. The van der Waals surface area contributed by atoms with Crippen LogP contribution in [0.1, 0.15) is 11.3 Å². The predicted molar refractivity (Wildman–Crippen MR) is 57.8 cm³/mol. The molecule has 0 saturated heterocycles. The quantitative estimate of drug-likeness (QED) is 0.734. The van der Waals surface area contributed by atoms with E-state index in [2.05, 4.69) is 26.1 Å². The van der Waals surface area contributed by atoms with Crippen molar-refractivity contribution >= 4 is 27.4 Å². The van der Waals surface area contributed by atoms with Gasteiger partial charge in [-0.2, -0.15) is 0 Å². The average molecular weight is 254 g/mol. The second-order valence-electron chi connectivity index (χ2n) is 3.17. The van der Waals surface area contributed by atoms with Crippen LogP contribution in [0.3, 0.4) is 0 Å².